The molecule has 0 aromatic heterocycles. The van der Waals surface area contributed by atoms with E-state index in [9.17, 15) is 4.79 Å². The van der Waals surface area contributed by atoms with Crippen LogP contribution in [0.5, 0.6) is 11.5 Å². The van der Waals surface area contributed by atoms with Gasteiger partial charge in [0.25, 0.3) is 5.91 Å². The largest absolute Gasteiger partial charge is 0.497 e. The van der Waals surface area contributed by atoms with Crippen LogP contribution in [0.3, 0.4) is 0 Å². The summed E-state index contributed by atoms with van der Waals surface area (Å²) in [4.78, 5) is 15.0. The Hall–Kier alpha value is -2.49. The molecule has 1 aliphatic heterocycles. The summed E-state index contributed by atoms with van der Waals surface area (Å²) in [6.07, 6.45) is 3.30. The van der Waals surface area contributed by atoms with Gasteiger partial charge < -0.3 is 14.4 Å². The van der Waals surface area contributed by atoms with Gasteiger partial charge >= 0.3 is 0 Å². The minimum Gasteiger partial charge on any atom is -0.497 e. The van der Waals surface area contributed by atoms with E-state index in [0.29, 0.717) is 12.5 Å². The van der Waals surface area contributed by atoms with Gasteiger partial charge in [0.05, 0.1) is 13.7 Å². The molecule has 1 atom stereocenters. The van der Waals surface area contributed by atoms with Crippen LogP contribution in [-0.2, 0) is 0 Å². The average Bonchev–Trinajstić information content (AvgIpc) is 2.95. The second-order valence-electron chi connectivity index (χ2n) is 6.67. The molecule has 2 aromatic carbocycles. The van der Waals surface area contributed by atoms with Crippen LogP contribution < -0.4 is 9.47 Å². The summed E-state index contributed by atoms with van der Waals surface area (Å²) in [5.41, 5.74) is 2.00. The van der Waals surface area contributed by atoms with Gasteiger partial charge in [0.15, 0.2) is 0 Å². The highest BCUT2D eigenvalue weighted by Crippen LogP contribution is 2.28. The summed E-state index contributed by atoms with van der Waals surface area (Å²) in [6.45, 7) is 4.16. The number of hydrogen-bond donors (Lipinski definition) is 0. The van der Waals surface area contributed by atoms with Crippen molar-refractivity contribution in [2.45, 2.75) is 32.1 Å². The molecule has 0 saturated carbocycles. The van der Waals surface area contributed by atoms with Crippen molar-refractivity contribution < 1.29 is 14.3 Å². The number of rotatable bonds is 5. The number of amides is 1. The molecule has 4 heteroatoms. The summed E-state index contributed by atoms with van der Waals surface area (Å²) in [6, 6.07) is 15.7. The lowest BCUT2D eigenvalue weighted by molar-refractivity contribution is 0.0754. The first kappa shape index (κ1) is 18.3. The average molecular weight is 353 g/mol. The van der Waals surface area contributed by atoms with Gasteiger partial charge in [-0.25, -0.2) is 0 Å². The highest BCUT2D eigenvalue weighted by atomic mass is 16.5. The molecule has 3 rings (SSSR count). The molecular weight excluding hydrogens is 326 g/mol. The third-order valence-corrected chi connectivity index (χ3v) is 4.96. The molecule has 1 amide bonds. The van der Waals surface area contributed by atoms with Crippen LogP contribution in [0.1, 0.15) is 48.0 Å². The monoisotopic (exact) mass is 353 g/mol. The van der Waals surface area contributed by atoms with Gasteiger partial charge in [0.2, 0.25) is 0 Å². The normalized spacial score (nSPS) is 17.5. The van der Waals surface area contributed by atoms with Crippen molar-refractivity contribution in [3.8, 4) is 11.5 Å². The lowest BCUT2D eigenvalue weighted by Crippen LogP contribution is -2.34. The maximum Gasteiger partial charge on any atom is 0.253 e. The van der Waals surface area contributed by atoms with Crippen LogP contribution in [-0.4, -0.2) is 37.6 Å². The van der Waals surface area contributed by atoms with Crippen LogP contribution >= 0.6 is 0 Å². The Labute approximate surface area is 155 Å². The van der Waals surface area contributed by atoms with Crippen LogP contribution in [0.4, 0.5) is 0 Å². The molecule has 26 heavy (non-hydrogen) atoms. The van der Waals surface area contributed by atoms with Crippen molar-refractivity contribution in [1.82, 2.24) is 4.90 Å². The SMILES string of the molecule is CCOc1ccc(C(=O)N2CCCCC(c3ccc(OC)cc3)C2)cc1. The Balaban J connectivity index is 1.72. The Morgan fingerprint density at radius 1 is 1.04 bits per heavy atom. The van der Waals surface area contributed by atoms with E-state index in [4.69, 9.17) is 9.47 Å². The van der Waals surface area contributed by atoms with E-state index in [1.807, 2.05) is 48.2 Å². The second-order valence-corrected chi connectivity index (χ2v) is 6.67. The number of ether oxygens (including phenoxy) is 2. The Bertz CT molecular complexity index is 709. The van der Waals surface area contributed by atoms with Gasteiger partial charge in [-0.15, -0.1) is 0 Å². The number of benzene rings is 2. The maximum atomic E-state index is 13.0. The molecule has 1 saturated heterocycles. The maximum absolute atomic E-state index is 13.0. The third kappa shape index (κ3) is 4.37. The molecule has 0 N–H and O–H groups in total. The summed E-state index contributed by atoms with van der Waals surface area (Å²) >= 11 is 0. The minimum absolute atomic E-state index is 0.105. The van der Waals surface area contributed by atoms with E-state index in [1.54, 1.807) is 7.11 Å². The van der Waals surface area contributed by atoms with Gasteiger partial charge in [0, 0.05) is 24.6 Å². The Morgan fingerprint density at radius 3 is 2.38 bits per heavy atom. The highest BCUT2D eigenvalue weighted by Gasteiger charge is 2.24. The molecule has 0 aliphatic carbocycles. The van der Waals surface area contributed by atoms with Crippen LogP contribution in [0.25, 0.3) is 0 Å². The van der Waals surface area contributed by atoms with Gasteiger partial charge in [-0.2, -0.15) is 0 Å². The predicted molar refractivity (Wildman–Crippen MR) is 103 cm³/mol. The van der Waals surface area contributed by atoms with Crippen molar-refractivity contribution in [3.05, 3.63) is 59.7 Å². The fraction of sp³-hybridized carbons (Fsp3) is 0.409. The molecule has 1 aliphatic rings. The smallest absolute Gasteiger partial charge is 0.253 e. The molecule has 138 valence electrons. The van der Waals surface area contributed by atoms with Gasteiger partial charge in [-0.3, -0.25) is 4.79 Å². The number of carbonyl (C=O) groups is 1. The molecule has 0 bridgehead atoms. The van der Waals surface area contributed by atoms with E-state index in [2.05, 4.69) is 12.1 Å². The fourth-order valence-corrected chi connectivity index (χ4v) is 3.52. The van der Waals surface area contributed by atoms with Crippen LogP contribution in [0, 0.1) is 0 Å². The molecule has 4 nitrogen and oxygen atoms in total. The number of hydrogen-bond acceptors (Lipinski definition) is 3. The Kier molecular flexibility index (Phi) is 6.16. The Morgan fingerprint density at radius 2 is 1.73 bits per heavy atom. The standard InChI is InChI=1S/C22H27NO3/c1-3-26-21-13-9-18(10-14-21)22(24)23-15-5-4-6-19(16-23)17-7-11-20(25-2)12-8-17/h7-14,19H,3-6,15-16H2,1-2H3. The van der Waals surface area contributed by atoms with Gasteiger partial charge in [-0.05, 0) is 61.7 Å². The summed E-state index contributed by atoms with van der Waals surface area (Å²) < 4.78 is 10.7. The highest BCUT2D eigenvalue weighted by molar-refractivity contribution is 5.94. The number of carbonyl (C=O) groups excluding carboxylic acids is 1. The second kappa shape index (κ2) is 8.75. The first-order valence-corrected chi connectivity index (χ1v) is 9.37. The minimum atomic E-state index is 0.105. The summed E-state index contributed by atoms with van der Waals surface area (Å²) in [5, 5.41) is 0. The third-order valence-electron chi connectivity index (χ3n) is 4.96. The van der Waals surface area contributed by atoms with Crippen LogP contribution in [0.2, 0.25) is 0 Å². The first-order chi connectivity index (χ1) is 12.7. The molecule has 1 heterocycles. The van der Waals surface area contributed by atoms with Gasteiger partial charge in [-0.1, -0.05) is 18.6 Å². The molecule has 1 fully saturated rings. The number of likely N-dealkylation sites (tertiary alicyclic amines) is 1. The first-order valence-electron chi connectivity index (χ1n) is 9.37. The predicted octanol–water partition coefficient (Wildman–Crippen LogP) is 4.50. The molecule has 0 spiro atoms. The molecular formula is C22H27NO3. The molecule has 1 unspecified atom stereocenters. The van der Waals surface area contributed by atoms with Crippen molar-refractivity contribution in [2.24, 2.45) is 0 Å². The van der Waals surface area contributed by atoms with E-state index < -0.39 is 0 Å². The quantitative estimate of drug-likeness (QED) is 0.794. The lowest BCUT2D eigenvalue weighted by atomic mass is 9.94. The van der Waals surface area contributed by atoms with E-state index in [1.165, 1.54) is 5.56 Å². The molecule has 0 radical (unpaired) electrons. The summed E-state index contributed by atoms with van der Waals surface area (Å²) in [5.74, 6) is 2.14. The van der Waals surface area contributed by atoms with Crippen molar-refractivity contribution in [2.75, 3.05) is 26.8 Å². The summed E-state index contributed by atoms with van der Waals surface area (Å²) in [7, 11) is 1.68. The fourth-order valence-electron chi connectivity index (χ4n) is 3.52. The van der Waals surface area contributed by atoms with E-state index >= 15 is 0 Å². The van der Waals surface area contributed by atoms with Crippen molar-refractivity contribution in [1.29, 1.82) is 0 Å². The van der Waals surface area contributed by atoms with E-state index in [0.717, 1.165) is 49.4 Å². The zero-order valence-corrected chi connectivity index (χ0v) is 15.6. The van der Waals surface area contributed by atoms with Crippen molar-refractivity contribution in [3.63, 3.8) is 0 Å². The number of methoxy groups -OCH3 is 1. The molecule has 2 aromatic rings. The van der Waals surface area contributed by atoms with Crippen molar-refractivity contribution >= 4 is 5.91 Å². The lowest BCUT2D eigenvalue weighted by Gasteiger charge is -2.25. The van der Waals surface area contributed by atoms with E-state index in [-0.39, 0.29) is 5.91 Å². The zero-order chi connectivity index (χ0) is 18.4. The topological polar surface area (TPSA) is 38.8 Å². The zero-order valence-electron chi connectivity index (χ0n) is 15.6. The number of nitrogens with zero attached hydrogens (tertiary/aromatic N) is 1. The van der Waals surface area contributed by atoms with Gasteiger partial charge in [0.1, 0.15) is 11.5 Å². The van der Waals surface area contributed by atoms with Crippen LogP contribution in [0.15, 0.2) is 48.5 Å².